The molecule has 3 aromatic carbocycles. The minimum Gasteiger partial charge on any atom is -0.497 e. The van der Waals surface area contributed by atoms with E-state index in [9.17, 15) is 0 Å². The van der Waals surface area contributed by atoms with Crippen LogP contribution in [0.1, 0.15) is 0 Å². The lowest BCUT2D eigenvalue weighted by molar-refractivity contribution is 0.415. The zero-order valence-electron chi connectivity index (χ0n) is 15.3. The number of nitrogens with zero attached hydrogens (tertiary/aromatic N) is 2. The molecule has 0 spiro atoms. The summed E-state index contributed by atoms with van der Waals surface area (Å²) in [6.07, 6.45) is 0. The summed E-state index contributed by atoms with van der Waals surface area (Å²) in [4.78, 5) is 9.51. The number of rotatable bonds is 5. The van der Waals surface area contributed by atoms with E-state index >= 15 is 0 Å². The van der Waals surface area contributed by atoms with Crippen LogP contribution in [0.4, 0.5) is 11.5 Å². The van der Waals surface area contributed by atoms with Crippen molar-refractivity contribution in [3.63, 3.8) is 0 Å². The maximum absolute atomic E-state index is 5.23. The van der Waals surface area contributed by atoms with E-state index in [4.69, 9.17) is 14.7 Å². The molecule has 28 heavy (non-hydrogen) atoms. The molecule has 1 N–H and O–H groups in total. The van der Waals surface area contributed by atoms with E-state index in [2.05, 4.69) is 21.2 Å². The van der Waals surface area contributed by atoms with Crippen molar-refractivity contribution in [3.8, 4) is 28.4 Å². The van der Waals surface area contributed by atoms with E-state index in [-0.39, 0.29) is 0 Å². The molecule has 138 valence electrons. The molecule has 0 atom stereocenters. The molecule has 5 heteroatoms. The van der Waals surface area contributed by atoms with Gasteiger partial charge in [0.15, 0.2) is 5.82 Å². The van der Waals surface area contributed by atoms with Crippen LogP contribution in [0.2, 0.25) is 0 Å². The summed E-state index contributed by atoms with van der Waals surface area (Å²) >= 11 is 3.48. The highest BCUT2D eigenvalue weighted by molar-refractivity contribution is 9.10. The Balaban J connectivity index is 1.75. The van der Waals surface area contributed by atoms with E-state index < -0.39 is 0 Å². The number of anilines is 2. The second-order valence-corrected chi connectivity index (χ2v) is 7.10. The van der Waals surface area contributed by atoms with Gasteiger partial charge in [0.1, 0.15) is 11.6 Å². The van der Waals surface area contributed by atoms with Crippen LogP contribution < -0.4 is 10.1 Å². The van der Waals surface area contributed by atoms with Crippen LogP contribution >= 0.6 is 15.9 Å². The van der Waals surface area contributed by atoms with Crippen molar-refractivity contribution >= 4 is 27.4 Å². The third-order valence-electron chi connectivity index (χ3n) is 4.26. The summed E-state index contributed by atoms with van der Waals surface area (Å²) in [5.41, 5.74) is 3.80. The van der Waals surface area contributed by atoms with Crippen molar-refractivity contribution in [2.45, 2.75) is 0 Å². The van der Waals surface area contributed by atoms with E-state index in [0.717, 1.165) is 38.5 Å². The number of ether oxygens (including phenoxy) is 1. The van der Waals surface area contributed by atoms with Crippen molar-refractivity contribution in [1.29, 1.82) is 0 Å². The average molecular weight is 432 g/mol. The number of hydrogen-bond acceptors (Lipinski definition) is 4. The number of benzene rings is 3. The molecule has 0 aliphatic rings. The fraction of sp³-hybridized carbons (Fsp3) is 0.0435. The maximum atomic E-state index is 5.23. The molecule has 0 saturated heterocycles. The van der Waals surface area contributed by atoms with Crippen LogP contribution in [0.15, 0.2) is 89.4 Å². The first kappa shape index (κ1) is 18.2. The van der Waals surface area contributed by atoms with Crippen molar-refractivity contribution in [3.05, 3.63) is 89.4 Å². The Labute approximate surface area is 172 Å². The van der Waals surface area contributed by atoms with Gasteiger partial charge in [0.05, 0.1) is 12.8 Å². The zero-order valence-corrected chi connectivity index (χ0v) is 16.8. The monoisotopic (exact) mass is 431 g/mol. The Morgan fingerprint density at radius 1 is 0.786 bits per heavy atom. The van der Waals surface area contributed by atoms with Crippen LogP contribution in [0.25, 0.3) is 22.6 Å². The third kappa shape index (κ3) is 4.21. The SMILES string of the molecule is COc1ccc(Nc2cc(-c3ccccc3)nc(-c3ccc(Br)cc3)n2)cc1. The van der Waals surface area contributed by atoms with Gasteiger partial charge in [-0.2, -0.15) is 0 Å². The molecule has 1 aromatic heterocycles. The van der Waals surface area contributed by atoms with Crippen LogP contribution in [-0.4, -0.2) is 17.1 Å². The minimum absolute atomic E-state index is 0.671. The third-order valence-corrected chi connectivity index (χ3v) is 4.79. The van der Waals surface area contributed by atoms with Gasteiger partial charge in [-0.1, -0.05) is 58.4 Å². The number of hydrogen-bond donors (Lipinski definition) is 1. The minimum atomic E-state index is 0.671. The van der Waals surface area contributed by atoms with Gasteiger partial charge in [-0.25, -0.2) is 9.97 Å². The molecule has 4 rings (SSSR count). The number of methoxy groups -OCH3 is 1. The molecule has 0 aliphatic heterocycles. The number of nitrogens with one attached hydrogen (secondary N) is 1. The summed E-state index contributed by atoms with van der Waals surface area (Å²) in [6, 6.07) is 27.8. The Hall–Kier alpha value is -3.18. The molecular weight excluding hydrogens is 414 g/mol. The highest BCUT2D eigenvalue weighted by Crippen LogP contribution is 2.27. The van der Waals surface area contributed by atoms with E-state index in [1.165, 1.54) is 0 Å². The molecule has 0 saturated carbocycles. The van der Waals surface area contributed by atoms with Gasteiger partial charge in [0, 0.05) is 27.4 Å². The van der Waals surface area contributed by atoms with Crippen LogP contribution in [0.3, 0.4) is 0 Å². The highest BCUT2D eigenvalue weighted by Gasteiger charge is 2.09. The fourth-order valence-corrected chi connectivity index (χ4v) is 3.08. The Morgan fingerprint density at radius 3 is 2.18 bits per heavy atom. The molecule has 0 fully saturated rings. The van der Waals surface area contributed by atoms with Crippen molar-refractivity contribution < 1.29 is 4.74 Å². The molecule has 0 radical (unpaired) electrons. The zero-order chi connectivity index (χ0) is 19.3. The second-order valence-electron chi connectivity index (χ2n) is 6.19. The molecule has 1 heterocycles. The summed E-state index contributed by atoms with van der Waals surface area (Å²) in [6.45, 7) is 0. The van der Waals surface area contributed by atoms with E-state index in [0.29, 0.717) is 5.82 Å². The second kappa shape index (κ2) is 8.23. The summed E-state index contributed by atoms with van der Waals surface area (Å²) in [7, 11) is 1.66. The highest BCUT2D eigenvalue weighted by atomic mass is 79.9. The van der Waals surface area contributed by atoms with E-state index in [1.54, 1.807) is 7.11 Å². The fourth-order valence-electron chi connectivity index (χ4n) is 2.82. The lowest BCUT2D eigenvalue weighted by Crippen LogP contribution is -1.99. The Kier molecular flexibility index (Phi) is 5.35. The summed E-state index contributed by atoms with van der Waals surface area (Å²) in [5.74, 6) is 2.22. The topological polar surface area (TPSA) is 47.0 Å². The Morgan fingerprint density at radius 2 is 1.50 bits per heavy atom. The van der Waals surface area contributed by atoms with Gasteiger partial charge in [-0.05, 0) is 36.4 Å². The first-order valence-electron chi connectivity index (χ1n) is 8.83. The van der Waals surface area contributed by atoms with Crippen LogP contribution in [0, 0.1) is 0 Å². The maximum Gasteiger partial charge on any atom is 0.162 e. The van der Waals surface area contributed by atoms with Crippen molar-refractivity contribution in [1.82, 2.24) is 9.97 Å². The lowest BCUT2D eigenvalue weighted by atomic mass is 10.1. The summed E-state index contributed by atoms with van der Waals surface area (Å²) in [5, 5.41) is 3.37. The van der Waals surface area contributed by atoms with Crippen LogP contribution in [-0.2, 0) is 0 Å². The van der Waals surface area contributed by atoms with Crippen LogP contribution in [0.5, 0.6) is 5.75 Å². The Bertz CT molecular complexity index is 1070. The number of halogens is 1. The predicted molar refractivity (Wildman–Crippen MR) is 117 cm³/mol. The molecule has 0 aliphatic carbocycles. The average Bonchev–Trinajstić information content (AvgIpc) is 2.75. The van der Waals surface area contributed by atoms with Gasteiger partial charge in [-0.15, -0.1) is 0 Å². The molecule has 4 nitrogen and oxygen atoms in total. The molecular formula is C23H18BrN3O. The largest absolute Gasteiger partial charge is 0.497 e. The normalized spacial score (nSPS) is 10.5. The standard InChI is InChI=1S/C23H18BrN3O/c1-28-20-13-11-19(12-14-20)25-22-15-21(16-5-3-2-4-6-16)26-23(27-22)17-7-9-18(24)10-8-17/h2-15H,1H3,(H,25,26,27). The van der Waals surface area contributed by atoms with E-state index in [1.807, 2.05) is 84.9 Å². The van der Waals surface area contributed by atoms with Gasteiger partial charge in [0.2, 0.25) is 0 Å². The smallest absolute Gasteiger partial charge is 0.162 e. The molecule has 0 amide bonds. The quantitative estimate of drug-likeness (QED) is 0.401. The molecule has 4 aromatic rings. The van der Waals surface area contributed by atoms with Crippen molar-refractivity contribution in [2.24, 2.45) is 0 Å². The first-order chi connectivity index (χ1) is 13.7. The summed E-state index contributed by atoms with van der Waals surface area (Å²) < 4.78 is 6.25. The molecule has 0 bridgehead atoms. The van der Waals surface area contributed by atoms with Gasteiger partial charge >= 0.3 is 0 Å². The lowest BCUT2D eigenvalue weighted by Gasteiger charge is -2.11. The first-order valence-corrected chi connectivity index (χ1v) is 9.62. The molecule has 0 unspecified atom stereocenters. The predicted octanol–water partition coefficient (Wildman–Crippen LogP) is 6.33. The number of aromatic nitrogens is 2. The van der Waals surface area contributed by atoms with Gasteiger partial charge in [0.25, 0.3) is 0 Å². The van der Waals surface area contributed by atoms with Gasteiger partial charge in [-0.3, -0.25) is 0 Å². The van der Waals surface area contributed by atoms with Crippen molar-refractivity contribution in [2.75, 3.05) is 12.4 Å². The van der Waals surface area contributed by atoms with Gasteiger partial charge < -0.3 is 10.1 Å².